The van der Waals surface area contributed by atoms with Crippen LogP contribution in [-0.2, 0) is 10.0 Å². The zero-order valence-corrected chi connectivity index (χ0v) is 20.2. The molecule has 3 aromatic rings. The molecule has 3 heterocycles. The van der Waals surface area contributed by atoms with Crippen LogP contribution in [0.15, 0.2) is 58.2 Å². The Kier molecular flexibility index (Phi) is 7.28. The zero-order valence-electron chi connectivity index (χ0n) is 19.4. The molecule has 10 heteroatoms. The van der Waals surface area contributed by atoms with E-state index in [2.05, 4.69) is 20.4 Å². The smallest absolute Gasteiger partial charge is 0.277 e. The van der Waals surface area contributed by atoms with Gasteiger partial charge in [-0.25, -0.2) is 8.42 Å². The first kappa shape index (κ1) is 23.9. The van der Waals surface area contributed by atoms with Gasteiger partial charge >= 0.3 is 0 Å². The number of carbonyl (C=O) groups is 1. The number of benzene rings is 1. The topological polar surface area (TPSA) is 109 Å². The summed E-state index contributed by atoms with van der Waals surface area (Å²) < 4.78 is 33.0. The summed E-state index contributed by atoms with van der Waals surface area (Å²) in [6.45, 7) is 6.03. The van der Waals surface area contributed by atoms with Crippen molar-refractivity contribution in [3.05, 3.63) is 54.5 Å². The second-order valence-electron chi connectivity index (χ2n) is 8.09. The van der Waals surface area contributed by atoms with Crippen LogP contribution in [-0.4, -0.2) is 54.9 Å². The number of nitrogens with one attached hydrogen (secondary N) is 1. The third kappa shape index (κ3) is 4.97. The summed E-state index contributed by atoms with van der Waals surface area (Å²) in [6, 6.07) is 10.1. The van der Waals surface area contributed by atoms with Gasteiger partial charge in [0.1, 0.15) is 0 Å². The van der Waals surface area contributed by atoms with Crippen LogP contribution in [0.2, 0.25) is 0 Å². The van der Waals surface area contributed by atoms with E-state index in [1.54, 1.807) is 50.5 Å². The Hall–Kier alpha value is -3.24. The molecule has 0 saturated carbocycles. The average Bonchev–Trinajstić information content (AvgIpc) is 3.36. The number of carbonyl (C=O) groups excluding carboxylic acids is 1. The van der Waals surface area contributed by atoms with Crippen LogP contribution in [0.4, 0.5) is 11.4 Å². The fourth-order valence-electron chi connectivity index (χ4n) is 4.11. The molecule has 0 aliphatic carbocycles. The van der Waals surface area contributed by atoms with Gasteiger partial charge in [0.05, 0.1) is 16.3 Å². The number of hydrogen-bond acceptors (Lipinski definition) is 7. The number of aromatic nitrogens is 2. The van der Waals surface area contributed by atoms with E-state index in [9.17, 15) is 13.2 Å². The molecule has 0 spiro atoms. The maximum atomic E-state index is 13.1. The fourth-order valence-corrected chi connectivity index (χ4v) is 5.60. The molecule has 34 heavy (non-hydrogen) atoms. The van der Waals surface area contributed by atoms with E-state index in [-0.39, 0.29) is 10.6 Å². The quantitative estimate of drug-likeness (QED) is 0.516. The third-order valence-corrected chi connectivity index (χ3v) is 7.99. The van der Waals surface area contributed by atoms with Gasteiger partial charge < -0.3 is 14.7 Å². The van der Waals surface area contributed by atoms with Crippen molar-refractivity contribution in [2.24, 2.45) is 0 Å². The van der Waals surface area contributed by atoms with E-state index in [1.165, 1.54) is 10.4 Å². The summed E-state index contributed by atoms with van der Waals surface area (Å²) in [6.07, 6.45) is 6.52. The van der Waals surface area contributed by atoms with Gasteiger partial charge in [0.2, 0.25) is 10.0 Å². The molecular formula is C24H29N5O4S. The molecule has 2 aromatic heterocycles. The molecule has 1 aromatic carbocycles. The predicted octanol–water partition coefficient (Wildman–Crippen LogP) is 4.01. The van der Waals surface area contributed by atoms with E-state index in [1.807, 2.05) is 6.07 Å². The Morgan fingerprint density at radius 3 is 2.56 bits per heavy atom. The van der Waals surface area contributed by atoms with Gasteiger partial charge in [-0.2, -0.15) is 4.31 Å². The van der Waals surface area contributed by atoms with Crippen molar-refractivity contribution in [2.45, 2.75) is 38.0 Å². The monoisotopic (exact) mass is 483 g/mol. The number of hydrogen-bond donors (Lipinski definition) is 1. The first-order chi connectivity index (χ1) is 16.4. The summed E-state index contributed by atoms with van der Waals surface area (Å²) in [4.78, 5) is 19.4. The Labute approximate surface area is 199 Å². The van der Waals surface area contributed by atoms with E-state index >= 15 is 0 Å². The summed E-state index contributed by atoms with van der Waals surface area (Å²) >= 11 is 0. The highest BCUT2D eigenvalue weighted by atomic mass is 32.2. The largest absolute Gasteiger partial charge is 0.370 e. The van der Waals surface area contributed by atoms with Gasteiger partial charge in [-0.1, -0.05) is 19.0 Å². The Balaban J connectivity index is 1.67. The van der Waals surface area contributed by atoms with Crippen molar-refractivity contribution in [2.75, 3.05) is 36.4 Å². The van der Waals surface area contributed by atoms with Crippen LogP contribution < -0.4 is 10.2 Å². The van der Waals surface area contributed by atoms with Crippen molar-refractivity contribution < 1.29 is 17.7 Å². The first-order valence-corrected chi connectivity index (χ1v) is 13.0. The average molecular weight is 484 g/mol. The molecule has 0 atom stereocenters. The maximum absolute atomic E-state index is 13.1. The number of sulfonamides is 1. The van der Waals surface area contributed by atoms with Crippen molar-refractivity contribution in [3.63, 3.8) is 0 Å². The van der Waals surface area contributed by atoms with Crippen LogP contribution in [0.1, 0.15) is 43.6 Å². The van der Waals surface area contributed by atoms with Gasteiger partial charge in [0.15, 0.2) is 11.5 Å². The maximum Gasteiger partial charge on any atom is 0.277 e. The number of piperidine rings is 1. The van der Waals surface area contributed by atoms with Crippen LogP contribution in [0.3, 0.4) is 0 Å². The van der Waals surface area contributed by atoms with E-state index in [0.717, 1.165) is 38.0 Å². The van der Waals surface area contributed by atoms with Gasteiger partial charge in [-0.05, 0) is 49.6 Å². The van der Waals surface area contributed by atoms with Crippen LogP contribution >= 0.6 is 0 Å². The number of amides is 1. The summed E-state index contributed by atoms with van der Waals surface area (Å²) in [5.41, 5.74) is 2.03. The van der Waals surface area contributed by atoms with Crippen molar-refractivity contribution in [1.29, 1.82) is 0 Å². The minimum Gasteiger partial charge on any atom is -0.370 e. The van der Waals surface area contributed by atoms with Crippen molar-refractivity contribution >= 4 is 27.3 Å². The lowest BCUT2D eigenvalue weighted by Gasteiger charge is -2.31. The highest BCUT2D eigenvalue weighted by molar-refractivity contribution is 7.89. The SMILES string of the molecule is CCN(CC)S(=O)(=O)c1ccc(N2CCCCC2)c(NC(=O)c2cc(-c3cccnc3)on2)c1. The van der Waals surface area contributed by atoms with Gasteiger partial charge in [0, 0.05) is 50.2 Å². The molecular weight excluding hydrogens is 454 g/mol. The van der Waals surface area contributed by atoms with Gasteiger partial charge in [-0.3, -0.25) is 9.78 Å². The number of rotatable bonds is 8. The van der Waals surface area contributed by atoms with E-state index in [4.69, 9.17) is 4.52 Å². The lowest BCUT2D eigenvalue weighted by atomic mass is 10.1. The highest BCUT2D eigenvalue weighted by Gasteiger charge is 2.25. The zero-order chi connectivity index (χ0) is 24.1. The Bertz CT molecular complexity index is 1230. The van der Waals surface area contributed by atoms with Crippen LogP contribution in [0.5, 0.6) is 0 Å². The highest BCUT2D eigenvalue weighted by Crippen LogP contribution is 2.32. The molecule has 1 aliphatic heterocycles. The fraction of sp³-hybridized carbons (Fsp3) is 0.375. The third-order valence-electron chi connectivity index (χ3n) is 5.95. The van der Waals surface area contributed by atoms with Crippen LogP contribution in [0, 0.1) is 0 Å². The lowest BCUT2D eigenvalue weighted by Crippen LogP contribution is -2.32. The minimum atomic E-state index is -3.68. The molecule has 1 aliphatic rings. The van der Waals surface area contributed by atoms with Crippen LogP contribution in [0.25, 0.3) is 11.3 Å². The van der Waals surface area contributed by atoms with Crippen molar-refractivity contribution in [1.82, 2.24) is 14.4 Å². The molecule has 180 valence electrons. The molecule has 4 rings (SSSR count). The molecule has 1 saturated heterocycles. The van der Waals surface area contributed by atoms with Crippen molar-refractivity contribution in [3.8, 4) is 11.3 Å². The molecule has 0 radical (unpaired) electrons. The standard InChI is InChI=1S/C24H29N5O4S/c1-3-29(4-2)34(31,32)19-10-11-22(28-13-6-5-7-14-28)20(15-19)26-24(30)21-16-23(33-27-21)18-9-8-12-25-17-18/h8-12,15-17H,3-7,13-14H2,1-2H3,(H,26,30). The molecule has 9 nitrogen and oxygen atoms in total. The number of nitrogens with zero attached hydrogens (tertiary/aromatic N) is 4. The minimum absolute atomic E-state index is 0.0976. The number of anilines is 2. The van der Waals surface area contributed by atoms with Gasteiger partial charge in [0.25, 0.3) is 5.91 Å². The first-order valence-electron chi connectivity index (χ1n) is 11.5. The predicted molar refractivity (Wildman–Crippen MR) is 130 cm³/mol. The molecule has 1 amide bonds. The van der Waals surface area contributed by atoms with E-state index < -0.39 is 15.9 Å². The molecule has 1 fully saturated rings. The lowest BCUT2D eigenvalue weighted by molar-refractivity contribution is 0.101. The molecule has 0 unspecified atom stereocenters. The molecule has 0 bridgehead atoms. The van der Waals surface area contributed by atoms with Gasteiger partial charge in [-0.15, -0.1) is 0 Å². The number of pyridine rings is 1. The normalized spacial score (nSPS) is 14.4. The van der Waals surface area contributed by atoms with E-state index in [0.29, 0.717) is 30.1 Å². The Morgan fingerprint density at radius 1 is 1.12 bits per heavy atom. The Morgan fingerprint density at radius 2 is 1.88 bits per heavy atom. The second kappa shape index (κ2) is 10.4. The second-order valence-corrected chi connectivity index (χ2v) is 10.0. The molecule has 1 N–H and O–H groups in total. The summed E-state index contributed by atoms with van der Waals surface area (Å²) in [7, 11) is -3.68. The summed E-state index contributed by atoms with van der Waals surface area (Å²) in [5, 5.41) is 6.78. The summed E-state index contributed by atoms with van der Waals surface area (Å²) in [5.74, 6) is -0.0538.